The number of para-hydroxylation sites is 1. The molecule has 3 nitrogen and oxygen atoms in total. The third-order valence-corrected chi connectivity index (χ3v) is 4.88. The minimum absolute atomic E-state index is 0.0329. The van der Waals surface area contributed by atoms with Gasteiger partial charge in [0.15, 0.2) is 5.78 Å². The lowest BCUT2D eigenvalue weighted by Gasteiger charge is -2.06. The van der Waals surface area contributed by atoms with Crippen molar-refractivity contribution >= 4 is 51.6 Å². The van der Waals surface area contributed by atoms with Gasteiger partial charge >= 0.3 is 0 Å². The number of ketones is 1. The van der Waals surface area contributed by atoms with Gasteiger partial charge in [-0.3, -0.25) is 4.79 Å². The fourth-order valence-corrected chi connectivity index (χ4v) is 3.49. The Hall–Kier alpha value is -1.37. The van der Waals surface area contributed by atoms with Gasteiger partial charge in [-0.15, -0.1) is 0 Å². The fraction of sp³-hybridized carbons (Fsp3) is 0.0588. The van der Waals surface area contributed by atoms with E-state index in [-0.39, 0.29) is 12.2 Å². The number of hydrogen-bond donors (Lipinski definition) is 0. The van der Waals surface area contributed by atoms with Crippen molar-refractivity contribution in [1.29, 1.82) is 0 Å². The van der Waals surface area contributed by atoms with E-state index >= 15 is 0 Å². The molecule has 0 atom stereocenters. The van der Waals surface area contributed by atoms with E-state index in [2.05, 4.69) is 27.7 Å². The van der Waals surface area contributed by atoms with Gasteiger partial charge < -0.3 is 0 Å². The highest BCUT2D eigenvalue weighted by Gasteiger charge is 2.14. The SMILES string of the molecule is O=C(Cc1ccn(-c2c(Cl)cccc2Cl)n1)c1ccccc1I. The molecule has 0 radical (unpaired) electrons. The highest BCUT2D eigenvalue weighted by atomic mass is 127. The molecule has 0 unspecified atom stereocenters. The molecular formula is C17H11Cl2IN2O. The van der Waals surface area contributed by atoms with Crippen LogP contribution in [0.25, 0.3) is 5.69 Å². The van der Waals surface area contributed by atoms with Crippen LogP contribution >= 0.6 is 45.8 Å². The number of benzene rings is 2. The summed E-state index contributed by atoms with van der Waals surface area (Å²) < 4.78 is 2.53. The minimum atomic E-state index is 0.0329. The Bertz CT molecular complexity index is 856. The van der Waals surface area contributed by atoms with E-state index in [1.54, 1.807) is 35.1 Å². The largest absolute Gasteiger partial charge is 0.294 e. The molecule has 3 rings (SSSR count). The Morgan fingerprint density at radius 3 is 2.43 bits per heavy atom. The number of aromatic nitrogens is 2. The molecular weight excluding hydrogens is 446 g/mol. The summed E-state index contributed by atoms with van der Waals surface area (Å²) in [5, 5.41) is 5.44. The monoisotopic (exact) mass is 456 g/mol. The zero-order valence-corrected chi connectivity index (χ0v) is 15.5. The Morgan fingerprint density at radius 2 is 1.74 bits per heavy atom. The summed E-state index contributed by atoms with van der Waals surface area (Å²) in [6.45, 7) is 0. The van der Waals surface area contributed by atoms with Crippen LogP contribution in [0.4, 0.5) is 0 Å². The van der Waals surface area contributed by atoms with Gasteiger partial charge in [-0.1, -0.05) is 47.5 Å². The second-order valence-electron chi connectivity index (χ2n) is 4.90. The topological polar surface area (TPSA) is 34.9 Å². The molecule has 0 saturated heterocycles. The van der Waals surface area contributed by atoms with E-state index in [0.717, 1.165) is 3.57 Å². The number of rotatable bonds is 4. The van der Waals surface area contributed by atoms with Crippen molar-refractivity contribution in [2.45, 2.75) is 6.42 Å². The van der Waals surface area contributed by atoms with E-state index in [1.807, 2.05) is 24.3 Å². The molecule has 0 saturated carbocycles. The van der Waals surface area contributed by atoms with Crippen molar-refractivity contribution in [3.05, 3.63) is 79.6 Å². The maximum absolute atomic E-state index is 12.4. The van der Waals surface area contributed by atoms with Gasteiger partial charge in [-0.05, 0) is 46.9 Å². The molecule has 116 valence electrons. The minimum Gasteiger partial charge on any atom is -0.294 e. The lowest BCUT2D eigenvalue weighted by Crippen LogP contribution is -2.07. The molecule has 3 aromatic rings. The second kappa shape index (κ2) is 7.03. The van der Waals surface area contributed by atoms with Crippen LogP contribution in [0.2, 0.25) is 10.0 Å². The molecule has 6 heteroatoms. The van der Waals surface area contributed by atoms with Gasteiger partial charge in [-0.25, -0.2) is 4.68 Å². The summed E-state index contributed by atoms with van der Waals surface area (Å²) in [5.41, 5.74) is 1.99. The summed E-state index contributed by atoms with van der Waals surface area (Å²) in [7, 11) is 0. The lowest BCUT2D eigenvalue weighted by molar-refractivity contribution is 0.0991. The van der Waals surface area contributed by atoms with Crippen LogP contribution < -0.4 is 0 Å². The smallest absolute Gasteiger partial charge is 0.169 e. The molecule has 0 aliphatic heterocycles. The van der Waals surface area contributed by atoms with Crippen LogP contribution in [0.5, 0.6) is 0 Å². The quantitative estimate of drug-likeness (QED) is 0.399. The van der Waals surface area contributed by atoms with Crippen LogP contribution in [0.3, 0.4) is 0 Å². The van der Waals surface area contributed by atoms with Crippen LogP contribution in [0.1, 0.15) is 16.1 Å². The van der Waals surface area contributed by atoms with E-state index in [4.69, 9.17) is 23.2 Å². The average Bonchev–Trinajstić information content (AvgIpc) is 2.95. The first-order chi connectivity index (χ1) is 11.1. The van der Waals surface area contributed by atoms with E-state index in [0.29, 0.717) is 27.0 Å². The zero-order chi connectivity index (χ0) is 16.4. The Labute approximate surface area is 157 Å². The molecule has 1 aromatic heterocycles. The number of Topliss-reactive ketones (excluding diaryl/α,β-unsaturated/α-hetero) is 1. The van der Waals surface area contributed by atoms with Crippen LogP contribution in [0, 0.1) is 3.57 Å². The summed E-state index contributed by atoms with van der Waals surface area (Å²) in [6, 6.07) is 14.6. The standard InChI is InChI=1S/C17H11Cl2IN2O/c18-13-5-3-6-14(19)17(13)22-9-8-11(21-22)10-16(23)12-4-1-2-7-15(12)20/h1-9H,10H2. The second-order valence-corrected chi connectivity index (χ2v) is 6.88. The van der Waals surface area contributed by atoms with Crippen molar-refractivity contribution in [3.63, 3.8) is 0 Å². The molecule has 0 aliphatic rings. The zero-order valence-electron chi connectivity index (χ0n) is 11.8. The average molecular weight is 457 g/mol. The van der Waals surface area contributed by atoms with Crippen molar-refractivity contribution < 1.29 is 4.79 Å². The van der Waals surface area contributed by atoms with E-state index < -0.39 is 0 Å². The molecule has 0 bridgehead atoms. The summed E-state index contributed by atoms with van der Waals surface area (Å²) >= 11 is 14.5. The highest BCUT2D eigenvalue weighted by molar-refractivity contribution is 14.1. The fourth-order valence-electron chi connectivity index (χ4n) is 2.24. The van der Waals surface area contributed by atoms with Crippen molar-refractivity contribution in [1.82, 2.24) is 9.78 Å². The predicted octanol–water partition coefficient (Wildman–Crippen LogP) is 5.21. The van der Waals surface area contributed by atoms with Crippen LogP contribution in [-0.2, 0) is 6.42 Å². The summed E-state index contributed by atoms with van der Waals surface area (Å²) in [5.74, 6) is 0.0329. The maximum Gasteiger partial charge on any atom is 0.169 e. The molecule has 0 spiro atoms. The van der Waals surface area contributed by atoms with Gasteiger partial charge in [0.25, 0.3) is 0 Å². The highest BCUT2D eigenvalue weighted by Crippen LogP contribution is 2.27. The molecule has 2 aromatic carbocycles. The van der Waals surface area contributed by atoms with E-state index in [9.17, 15) is 4.79 Å². The Balaban J connectivity index is 1.86. The van der Waals surface area contributed by atoms with Crippen molar-refractivity contribution in [2.24, 2.45) is 0 Å². The third-order valence-electron chi connectivity index (χ3n) is 3.33. The Morgan fingerprint density at radius 1 is 1.04 bits per heavy atom. The number of hydrogen-bond acceptors (Lipinski definition) is 2. The summed E-state index contributed by atoms with van der Waals surface area (Å²) in [6.07, 6.45) is 1.99. The number of nitrogens with zero attached hydrogens (tertiary/aromatic N) is 2. The van der Waals surface area contributed by atoms with Gasteiger partial charge in [0.05, 0.1) is 22.2 Å². The summed E-state index contributed by atoms with van der Waals surface area (Å²) in [4.78, 5) is 12.4. The van der Waals surface area contributed by atoms with Gasteiger partial charge in [-0.2, -0.15) is 5.10 Å². The number of carbonyl (C=O) groups is 1. The third kappa shape index (κ3) is 3.59. The predicted molar refractivity (Wildman–Crippen MR) is 101 cm³/mol. The van der Waals surface area contributed by atoms with Gasteiger partial charge in [0, 0.05) is 15.3 Å². The molecule has 0 amide bonds. The van der Waals surface area contributed by atoms with Crippen LogP contribution in [0.15, 0.2) is 54.7 Å². The van der Waals surface area contributed by atoms with Gasteiger partial charge in [0.1, 0.15) is 5.69 Å². The Kier molecular flexibility index (Phi) is 5.04. The van der Waals surface area contributed by atoms with Gasteiger partial charge in [0.2, 0.25) is 0 Å². The molecule has 1 heterocycles. The van der Waals surface area contributed by atoms with E-state index in [1.165, 1.54) is 0 Å². The first-order valence-electron chi connectivity index (χ1n) is 6.83. The molecule has 0 fully saturated rings. The molecule has 23 heavy (non-hydrogen) atoms. The number of carbonyl (C=O) groups excluding carboxylic acids is 1. The molecule has 0 aliphatic carbocycles. The molecule has 0 N–H and O–H groups in total. The van der Waals surface area contributed by atoms with Crippen molar-refractivity contribution in [3.8, 4) is 5.69 Å². The first-order valence-corrected chi connectivity index (χ1v) is 8.66. The van der Waals surface area contributed by atoms with Crippen molar-refractivity contribution in [2.75, 3.05) is 0 Å². The first kappa shape index (κ1) is 16.5. The normalized spacial score (nSPS) is 10.7. The van der Waals surface area contributed by atoms with Crippen LogP contribution in [-0.4, -0.2) is 15.6 Å². The maximum atomic E-state index is 12.4. The number of halogens is 3. The lowest BCUT2D eigenvalue weighted by atomic mass is 10.1.